The van der Waals surface area contributed by atoms with E-state index in [1.54, 1.807) is 0 Å². The topological polar surface area (TPSA) is 58.7 Å². The van der Waals surface area contributed by atoms with Gasteiger partial charge in [-0.25, -0.2) is 0 Å². The van der Waals surface area contributed by atoms with Crippen molar-refractivity contribution in [3.05, 3.63) is 29.8 Å². The van der Waals surface area contributed by atoms with Gasteiger partial charge in [0.1, 0.15) is 0 Å². The minimum atomic E-state index is -0.163. The molecule has 0 amide bonds. The van der Waals surface area contributed by atoms with Gasteiger partial charge in [-0.1, -0.05) is 12.1 Å². The minimum absolute atomic E-state index is 0. The van der Waals surface area contributed by atoms with Gasteiger partial charge in [-0.05, 0) is 24.1 Å². The van der Waals surface area contributed by atoms with Gasteiger partial charge in [0.2, 0.25) is 0 Å². The van der Waals surface area contributed by atoms with Gasteiger partial charge in [0.05, 0.1) is 19.8 Å². The molecule has 1 atom stereocenters. The Labute approximate surface area is 114 Å². The first-order chi connectivity index (χ1) is 8.29. The van der Waals surface area contributed by atoms with Gasteiger partial charge >= 0.3 is 0 Å². The van der Waals surface area contributed by atoms with Crippen LogP contribution in [-0.2, 0) is 11.2 Å². The Balaban J connectivity index is 0.00000162. The van der Waals surface area contributed by atoms with E-state index in [9.17, 15) is 0 Å². The highest BCUT2D eigenvalue weighted by Crippen LogP contribution is 2.17. The molecule has 0 spiro atoms. The van der Waals surface area contributed by atoms with Gasteiger partial charge in [0.15, 0.2) is 0 Å². The molecule has 5 heteroatoms. The number of aliphatic hydroxyl groups is 1. The van der Waals surface area contributed by atoms with Crippen molar-refractivity contribution in [1.82, 2.24) is 0 Å². The molecule has 0 bridgehead atoms. The van der Waals surface area contributed by atoms with Crippen molar-refractivity contribution >= 4 is 18.1 Å². The summed E-state index contributed by atoms with van der Waals surface area (Å²) in [6.45, 7) is 3.55. The molecule has 0 aliphatic carbocycles. The molecule has 18 heavy (non-hydrogen) atoms. The second kappa shape index (κ2) is 7.59. The number of hydrogen-bond acceptors (Lipinski definition) is 4. The SMILES string of the molecule is Cl.NC(CO)Cc1ccc(N2CCOCC2)cc1. The van der Waals surface area contributed by atoms with Crippen molar-refractivity contribution in [2.75, 3.05) is 37.8 Å². The number of rotatable bonds is 4. The summed E-state index contributed by atoms with van der Waals surface area (Å²) in [5, 5.41) is 8.91. The number of ether oxygens (including phenoxy) is 1. The number of aliphatic hydroxyl groups excluding tert-OH is 1. The predicted molar refractivity (Wildman–Crippen MR) is 75.5 cm³/mol. The Kier molecular flexibility index (Phi) is 6.43. The summed E-state index contributed by atoms with van der Waals surface area (Å²) in [4.78, 5) is 2.32. The van der Waals surface area contributed by atoms with E-state index in [0.717, 1.165) is 32.7 Å². The smallest absolute Gasteiger partial charge is 0.0642 e. The standard InChI is InChI=1S/C13H20N2O2.ClH/c14-12(10-16)9-11-1-3-13(4-2-11)15-5-7-17-8-6-15;/h1-4,12,16H,5-10,14H2;1H. The third kappa shape index (κ3) is 4.14. The van der Waals surface area contributed by atoms with Crippen LogP contribution < -0.4 is 10.6 Å². The first-order valence-electron chi connectivity index (χ1n) is 6.07. The number of hydrogen-bond donors (Lipinski definition) is 2. The molecule has 4 nitrogen and oxygen atoms in total. The highest BCUT2D eigenvalue weighted by Gasteiger charge is 2.11. The fraction of sp³-hybridized carbons (Fsp3) is 0.538. The minimum Gasteiger partial charge on any atom is -0.395 e. The first kappa shape index (κ1) is 15.2. The molecule has 0 radical (unpaired) electrons. The Morgan fingerprint density at radius 3 is 2.39 bits per heavy atom. The number of halogens is 1. The zero-order valence-electron chi connectivity index (χ0n) is 10.4. The Morgan fingerprint density at radius 2 is 1.83 bits per heavy atom. The summed E-state index contributed by atoms with van der Waals surface area (Å²) in [6.07, 6.45) is 0.722. The van der Waals surface area contributed by atoms with Crippen LogP contribution in [0.3, 0.4) is 0 Å². The summed E-state index contributed by atoms with van der Waals surface area (Å²) >= 11 is 0. The van der Waals surface area contributed by atoms with E-state index in [1.165, 1.54) is 11.3 Å². The molecule has 1 fully saturated rings. The van der Waals surface area contributed by atoms with Gasteiger partial charge in [-0.15, -0.1) is 12.4 Å². The van der Waals surface area contributed by atoms with E-state index in [2.05, 4.69) is 29.2 Å². The summed E-state index contributed by atoms with van der Waals surface area (Å²) in [5.74, 6) is 0. The monoisotopic (exact) mass is 272 g/mol. The molecule has 102 valence electrons. The van der Waals surface area contributed by atoms with E-state index in [0.29, 0.717) is 0 Å². The van der Waals surface area contributed by atoms with Crippen LogP contribution >= 0.6 is 12.4 Å². The van der Waals surface area contributed by atoms with Crippen molar-refractivity contribution in [2.24, 2.45) is 5.73 Å². The van der Waals surface area contributed by atoms with Crippen molar-refractivity contribution in [1.29, 1.82) is 0 Å². The van der Waals surface area contributed by atoms with Crippen molar-refractivity contribution < 1.29 is 9.84 Å². The Bertz CT molecular complexity index is 339. The Morgan fingerprint density at radius 1 is 1.22 bits per heavy atom. The molecular formula is C13H21ClN2O2. The first-order valence-corrected chi connectivity index (χ1v) is 6.07. The maximum atomic E-state index is 8.91. The largest absolute Gasteiger partial charge is 0.395 e. The van der Waals surface area contributed by atoms with E-state index >= 15 is 0 Å². The second-order valence-corrected chi connectivity index (χ2v) is 4.41. The molecule has 1 aliphatic heterocycles. The molecule has 0 aromatic heterocycles. The maximum absolute atomic E-state index is 8.91. The molecule has 2 rings (SSSR count). The van der Waals surface area contributed by atoms with Gasteiger partial charge < -0.3 is 20.5 Å². The molecule has 1 aromatic rings. The van der Waals surface area contributed by atoms with Gasteiger partial charge in [-0.2, -0.15) is 0 Å². The normalized spacial score (nSPS) is 17.1. The number of nitrogens with two attached hydrogens (primary N) is 1. The molecule has 1 aromatic carbocycles. The average Bonchev–Trinajstić information content (AvgIpc) is 2.40. The highest BCUT2D eigenvalue weighted by molar-refractivity contribution is 5.85. The number of nitrogens with zero attached hydrogens (tertiary/aromatic N) is 1. The van der Waals surface area contributed by atoms with Crippen LogP contribution in [0.5, 0.6) is 0 Å². The summed E-state index contributed by atoms with van der Waals surface area (Å²) in [6, 6.07) is 8.24. The quantitative estimate of drug-likeness (QED) is 0.852. The molecule has 1 aliphatic rings. The lowest BCUT2D eigenvalue weighted by Crippen LogP contribution is -2.36. The van der Waals surface area contributed by atoms with Crippen molar-refractivity contribution in [2.45, 2.75) is 12.5 Å². The lowest BCUT2D eigenvalue weighted by Gasteiger charge is -2.29. The van der Waals surface area contributed by atoms with Gasteiger partial charge in [-0.3, -0.25) is 0 Å². The van der Waals surface area contributed by atoms with Crippen LogP contribution in [0.25, 0.3) is 0 Å². The summed E-state index contributed by atoms with van der Waals surface area (Å²) in [7, 11) is 0. The maximum Gasteiger partial charge on any atom is 0.0642 e. The zero-order valence-corrected chi connectivity index (χ0v) is 11.2. The van der Waals surface area contributed by atoms with Crippen molar-refractivity contribution in [3.8, 4) is 0 Å². The third-order valence-electron chi connectivity index (χ3n) is 3.04. The summed E-state index contributed by atoms with van der Waals surface area (Å²) < 4.78 is 5.33. The zero-order chi connectivity index (χ0) is 12.1. The van der Waals surface area contributed by atoms with E-state index in [-0.39, 0.29) is 25.1 Å². The fourth-order valence-electron chi connectivity index (χ4n) is 2.03. The number of morpholine rings is 1. The summed E-state index contributed by atoms with van der Waals surface area (Å²) in [5.41, 5.74) is 8.11. The average molecular weight is 273 g/mol. The van der Waals surface area contributed by atoms with Crippen LogP contribution in [-0.4, -0.2) is 44.1 Å². The third-order valence-corrected chi connectivity index (χ3v) is 3.04. The second-order valence-electron chi connectivity index (χ2n) is 4.41. The van der Waals surface area contributed by atoms with Crippen molar-refractivity contribution in [3.63, 3.8) is 0 Å². The Hall–Kier alpha value is -0.810. The molecule has 1 unspecified atom stereocenters. The molecule has 3 N–H and O–H groups in total. The highest BCUT2D eigenvalue weighted by atomic mass is 35.5. The molecule has 1 saturated heterocycles. The van der Waals surface area contributed by atoms with E-state index < -0.39 is 0 Å². The van der Waals surface area contributed by atoms with Gasteiger partial charge in [0.25, 0.3) is 0 Å². The van der Waals surface area contributed by atoms with Crippen LogP contribution in [0.1, 0.15) is 5.56 Å². The molecular weight excluding hydrogens is 252 g/mol. The molecule has 1 heterocycles. The van der Waals surface area contributed by atoms with Crippen LogP contribution in [0.2, 0.25) is 0 Å². The predicted octanol–water partition coefficient (Wildman–Crippen LogP) is 0.807. The van der Waals surface area contributed by atoms with Gasteiger partial charge in [0, 0.05) is 24.8 Å². The van der Waals surface area contributed by atoms with Crippen LogP contribution in [0.4, 0.5) is 5.69 Å². The van der Waals surface area contributed by atoms with E-state index in [1.807, 2.05) is 0 Å². The lowest BCUT2D eigenvalue weighted by atomic mass is 10.1. The number of anilines is 1. The van der Waals surface area contributed by atoms with Crippen LogP contribution in [0, 0.1) is 0 Å². The number of benzene rings is 1. The molecule has 0 saturated carbocycles. The fourth-order valence-corrected chi connectivity index (χ4v) is 2.03. The lowest BCUT2D eigenvalue weighted by molar-refractivity contribution is 0.122. The van der Waals surface area contributed by atoms with Crippen LogP contribution in [0.15, 0.2) is 24.3 Å². The van der Waals surface area contributed by atoms with E-state index in [4.69, 9.17) is 15.6 Å².